The quantitative estimate of drug-likeness (QED) is 0.894. The van der Waals surface area contributed by atoms with Gasteiger partial charge in [0.1, 0.15) is 0 Å². The van der Waals surface area contributed by atoms with Crippen molar-refractivity contribution < 1.29 is 14.7 Å². The summed E-state index contributed by atoms with van der Waals surface area (Å²) < 4.78 is 0. The van der Waals surface area contributed by atoms with Crippen LogP contribution in [0.4, 0.5) is 4.79 Å². The van der Waals surface area contributed by atoms with Crippen LogP contribution in [0.1, 0.15) is 24.3 Å². The van der Waals surface area contributed by atoms with Crippen molar-refractivity contribution in [2.75, 3.05) is 13.1 Å². The van der Waals surface area contributed by atoms with Crippen molar-refractivity contribution in [3.8, 4) is 0 Å². The Labute approximate surface area is 122 Å². The van der Waals surface area contributed by atoms with Crippen LogP contribution >= 0.6 is 11.3 Å². The number of nitrogens with zero attached hydrogens (tertiary/aromatic N) is 1. The molecule has 0 bridgehead atoms. The van der Waals surface area contributed by atoms with Crippen molar-refractivity contribution in [2.24, 2.45) is 11.8 Å². The van der Waals surface area contributed by atoms with Crippen molar-refractivity contribution in [1.29, 1.82) is 0 Å². The standard InChI is InChI=1S/C14H20N2O3S/c1-3-10-4-5-20-12(10)6-15-14(19)16-7-9(2)11(8-16)13(17)18/h4-5,9,11H,3,6-8H2,1-2H3,(H,15,19)(H,17,18). The van der Waals surface area contributed by atoms with Gasteiger partial charge in [-0.3, -0.25) is 4.79 Å². The van der Waals surface area contributed by atoms with Crippen LogP contribution in [0.15, 0.2) is 11.4 Å². The van der Waals surface area contributed by atoms with Crippen LogP contribution in [0, 0.1) is 11.8 Å². The lowest BCUT2D eigenvalue weighted by atomic mass is 9.99. The molecule has 1 aliphatic rings. The second-order valence-corrected chi connectivity index (χ2v) is 6.21. The zero-order valence-electron chi connectivity index (χ0n) is 11.8. The molecule has 0 spiro atoms. The van der Waals surface area contributed by atoms with E-state index in [4.69, 9.17) is 5.11 Å². The van der Waals surface area contributed by atoms with Gasteiger partial charge in [-0.15, -0.1) is 11.3 Å². The highest BCUT2D eigenvalue weighted by Crippen LogP contribution is 2.23. The van der Waals surface area contributed by atoms with Gasteiger partial charge in [0.05, 0.1) is 12.5 Å². The van der Waals surface area contributed by atoms with Gasteiger partial charge in [-0.25, -0.2) is 4.79 Å². The predicted molar refractivity (Wildman–Crippen MR) is 77.8 cm³/mol. The Morgan fingerprint density at radius 2 is 2.25 bits per heavy atom. The van der Waals surface area contributed by atoms with Crippen molar-refractivity contribution in [3.63, 3.8) is 0 Å². The lowest BCUT2D eigenvalue weighted by Crippen LogP contribution is -2.38. The first-order valence-electron chi connectivity index (χ1n) is 6.83. The highest BCUT2D eigenvalue weighted by atomic mass is 32.1. The van der Waals surface area contributed by atoms with Gasteiger partial charge in [0.15, 0.2) is 0 Å². The summed E-state index contributed by atoms with van der Waals surface area (Å²) in [5.41, 5.74) is 1.26. The highest BCUT2D eigenvalue weighted by Gasteiger charge is 2.36. The second-order valence-electron chi connectivity index (χ2n) is 5.21. The fourth-order valence-electron chi connectivity index (χ4n) is 2.56. The third kappa shape index (κ3) is 3.12. The van der Waals surface area contributed by atoms with Gasteiger partial charge >= 0.3 is 12.0 Å². The first-order chi connectivity index (χ1) is 9.52. The minimum absolute atomic E-state index is 0.00573. The lowest BCUT2D eigenvalue weighted by molar-refractivity contribution is -0.142. The molecule has 2 atom stereocenters. The number of likely N-dealkylation sites (tertiary alicyclic amines) is 1. The Bertz CT molecular complexity index is 500. The van der Waals surface area contributed by atoms with Crippen LogP contribution in [0.3, 0.4) is 0 Å². The number of aliphatic carboxylic acids is 1. The third-order valence-electron chi connectivity index (χ3n) is 3.84. The maximum atomic E-state index is 12.1. The third-order valence-corrected chi connectivity index (χ3v) is 4.80. The highest BCUT2D eigenvalue weighted by molar-refractivity contribution is 7.10. The molecule has 6 heteroatoms. The molecule has 1 aromatic rings. The van der Waals surface area contributed by atoms with Gasteiger partial charge in [0, 0.05) is 18.0 Å². The number of hydrogen-bond acceptors (Lipinski definition) is 3. The first kappa shape index (κ1) is 14.8. The Morgan fingerprint density at radius 3 is 2.85 bits per heavy atom. The summed E-state index contributed by atoms with van der Waals surface area (Å²) >= 11 is 1.64. The second kappa shape index (κ2) is 6.26. The summed E-state index contributed by atoms with van der Waals surface area (Å²) in [7, 11) is 0. The van der Waals surface area contributed by atoms with E-state index in [1.807, 2.05) is 12.3 Å². The van der Waals surface area contributed by atoms with Gasteiger partial charge in [0.2, 0.25) is 0 Å². The number of nitrogens with one attached hydrogen (secondary N) is 1. The van der Waals surface area contributed by atoms with Gasteiger partial charge in [-0.1, -0.05) is 13.8 Å². The van der Waals surface area contributed by atoms with Crippen molar-refractivity contribution in [1.82, 2.24) is 10.2 Å². The maximum Gasteiger partial charge on any atom is 0.317 e. The molecule has 1 fully saturated rings. The summed E-state index contributed by atoms with van der Waals surface area (Å²) in [6.45, 7) is 5.29. The van der Waals surface area contributed by atoms with E-state index in [0.717, 1.165) is 6.42 Å². The SMILES string of the molecule is CCc1ccsc1CNC(=O)N1CC(C)C(C(=O)O)C1. The molecule has 0 aliphatic carbocycles. The lowest BCUT2D eigenvalue weighted by Gasteiger charge is -2.16. The zero-order chi connectivity index (χ0) is 14.7. The first-order valence-corrected chi connectivity index (χ1v) is 7.71. The molecule has 0 radical (unpaired) electrons. The van der Waals surface area contributed by atoms with E-state index >= 15 is 0 Å². The molecule has 0 aromatic carbocycles. The predicted octanol–water partition coefficient (Wildman–Crippen LogP) is 2.17. The van der Waals surface area contributed by atoms with Gasteiger partial charge < -0.3 is 15.3 Å². The van der Waals surface area contributed by atoms with E-state index in [1.165, 1.54) is 10.4 Å². The molecule has 2 unspecified atom stereocenters. The summed E-state index contributed by atoms with van der Waals surface area (Å²) in [6, 6.07) is 1.90. The van der Waals surface area contributed by atoms with Crippen LogP contribution < -0.4 is 5.32 Å². The maximum absolute atomic E-state index is 12.1. The molecule has 2 amide bonds. The van der Waals surface area contributed by atoms with E-state index in [0.29, 0.717) is 19.6 Å². The summed E-state index contributed by atoms with van der Waals surface area (Å²) in [6.07, 6.45) is 0.955. The van der Waals surface area contributed by atoms with E-state index in [1.54, 1.807) is 16.2 Å². The molecular formula is C14H20N2O3S. The van der Waals surface area contributed by atoms with Crippen molar-refractivity contribution in [2.45, 2.75) is 26.8 Å². The molecule has 2 heterocycles. The zero-order valence-corrected chi connectivity index (χ0v) is 12.6. The molecule has 5 nitrogen and oxygen atoms in total. The number of carboxylic acids is 1. The molecule has 1 aromatic heterocycles. The Hall–Kier alpha value is -1.56. The average molecular weight is 296 g/mol. The number of carbonyl (C=O) groups excluding carboxylic acids is 1. The van der Waals surface area contributed by atoms with Gasteiger partial charge in [-0.05, 0) is 29.3 Å². The molecule has 1 aliphatic heterocycles. The van der Waals surface area contributed by atoms with Crippen LogP contribution in [-0.2, 0) is 17.8 Å². The van der Waals surface area contributed by atoms with Crippen molar-refractivity contribution in [3.05, 3.63) is 21.9 Å². The molecule has 1 saturated heterocycles. The Kier molecular flexibility index (Phi) is 4.65. The molecular weight excluding hydrogens is 276 g/mol. The van der Waals surface area contributed by atoms with Crippen LogP contribution in [0.5, 0.6) is 0 Å². The van der Waals surface area contributed by atoms with Crippen LogP contribution in [0.2, 0.25) is 0 Å². The minimum atomic E-state index is -0.820. The fourth-order valence-corrected chi connectivity index (χ4v) is 3.47. The number of hydrogen-bond donors (Lipinski definition) is 2. The molecule has 0 saturated carbocycles. The van der Waals surface area contributed by atoms with E-state index < -0.39 is 11.9 Å². The van der Waals surface area contributed by atoms with Crippen LogP contribution in [0.25, 0.3) is 0 Å². The average Bonchev–Trinajstić information content (AvgIpc) is 3.01. The van der Waals surface area contributed by atoms with Gasteiger partial charge in [-0.2, -0.15) is 0 Å². The number of thiophene rings is 1. The minimum Gasteiger partial charge on any atom is -0.481 e. The monoisotopic (exact) mass is 296 g/mol. The summed E-state index contributed by atoms with van der Waals surface area (Å²) in [5.74, 6) is -1.26. The normalized spacial score (nSPS) is 22.0. The molecule has 2 N–H and O–H groups in total. The number of aryl methyl sites for hydroxylation is 1. The number of urea groups is 1. The molecule has 110 valence electrons. The Balaban J connectivity index is 1.89. The molecule has 2 rings (SSSR count). The smallest absolute Gasteiger partial charge is 0.317 e. The van der Waals surface area contributed by atoms with Gasteiger partial charge in [0.25, 0.3) is 0 Å². The summed E-state index contributed by atoms with van der Waals surface area (Å²) in [5, 5.41) is 14.0. The van der Waals surface area contributed by atoms with E-state index in [-0.39, 0.29) is 11.9 Å². The van der Waals surface area contributed by atoms with E-state index in [2.05, 4.69) is 18.3 Å². The number of carbonyl (C=O) groups is 2. The number of rotatable bonds is 4. The van der Waals surface area contributed by atoms with Crippen molar-refractivity contribution >= 4 is 23.3 Å². The van der Waals surface area contributed by atoms with Crippen LogP contribution in [-0.4, -0.2) is 35.1 Å². The number of amides is 2. The Morgan fingerprint density at radius 1 is 1.50 bits per heavy atom. The summed E-state index contributed by atoms with van der Waals surface area (Å²) in [4.78, 5) is 25.9. The van der Waals surface area contributed by atoms with E-state index in [9.17, 15) is 9.59 Å². The molecule has 20 heavy (non-hydrogen) atoms. The largest absolute Gasteiger partial charge is 0.481 e. The fraction of sp³-hybridized carbons (Fsp3) is 0.571. The topological polar surface area (TPSA) is 69.6 Å². The number of carboxylic acid groups (broad SMARTS) is 1.